The molecule has 0 unspecified atom stereocenters. The molecule has 24 heavy (non-hydrogen) atoms. The van der Waals surface area contributed by atoms with Gasteiger partial charge in [-0.3, -0.25) is 9.67 Å². The fourth-order valence-corrected chi connectivity index (χ4v) is 3.21. The summed E-state index contributed by atoms with van der Waals surface area (Å²) < 4.78 is 1.84. The van der Waals surface area contributed by atoms with E-state index in [2.05, 4.69) is 41.2 Å². The van der Waals surface area contributed by atoms with E-state index in [1.54, 1.807) is 0 Å². The molecule has 0 spiro atoms. The molecule has 0 bridgehead atoms. The van der Waals surface area contributed by atoms with E-state index < -0.39 is 0 Å². The third-order valence-corrected chi connectivity index (χ3v) is 4.54. The van der Waals surface area contributed by atoms with Gasteiger partial charge in [0.1, 0.15) is 0 Å². The van der Waals surface area contributed by atoms with Crippen LogP contribution in [0, 0.1) is 0 Å². The SMILES string of the molecule is CCNC(=NCCN(C)C1CCCC1)N(C)Cc1cnn(C)c1.I. The molecule has 138 valence electrons. The van der Waals surface area contributed by atoms with Crippen molar-refractivity contribution in [1.82, 2.24) is 24.9 Å². The lowest BCUT2D eigenvalue weighted by molar-refractivity contribution is 0.252. The van der Waals surface area contributed by atoms with Gasteiger partial charge in [-0.05, 0) is 26.8 Å². The van der Waals surface area contributed by atoms with Crippen molar-refractivity contribution in [3.05, 3.63) is 18.0 Å². The topological polar surface area (TPSA) is 48.7 Å². The van der Waals surface area contributed by atoms with Crippen molar-refractivity contribution in [1.29, 1.82) is 0 Å². The maximum atomic E-state index is 4.79. The van der Waals surface area contributed by atoms with Crippen molar-refractivity contribution in [2.45, 2.75) is 45.2 Å². The number of aryl methyl sites for hydroxylation is 1. The van der Waals surface area contributed by atoms with Gasteiger partial charge in [0.25, 0.3) is 0 Å². The molecule has 0 aliphatic heterocycles. The molecular weight excluding hydrogens is 415 g/mol. The summed E-state index contributed by atoms with van der Waals surface area (Å²) in [6.45, 7) is 5.68. The first-order valence-corrected chi connectivity index (χ1v) is 8.77. The van der Waals surface area contributed by atoms with Crippen LogP contribution in [0.1, 0.15) is 38.2 Å². The zero-order chi connectivity index (χ0) is 16.7. The van der Waals surface area contributed by atoms with Gasteiger partial charge in [-0.1, -0.05) is 12.8 Å². The Morgan fingerprint density at radius 2 is 2.08 bits per heavy atom. The molecule has 0 aromatic carbocycles. The van der Waals surface area contributed by atoms with Gasteiger partial charge in [-0.2, -0.15) is 5.10 Å². The minimum absolute atomic E-state index is 0. The maximum Gasteiger partial charge on any atom is 0.194 e. The zero-order valence-corrected chi connectivity index (χ0v) is 17.9. The zero-order valence-electron chi connectivity index (χ0n) is 15.5. The molecule has 1 heterocycles. The largest absolute Gasteiger partial charge is 0.357 e. The third kappa shape index (κ3) is 6.58. The van der Waals surface area contributed by atoms with Gasteiger partial charge in [0.15, 0.2) is 5.96 Å². The van der Waals surface area contributed by atoms with Gasteiger partial charge in [-0.15, -0.1) is 24.0 Å². The fourth-order valence-electron chi connectivity index (χ4n) is 3.21. The highest BCUT2D eigenvalue weighted by atomic mass is 127. The molecule has 0 saturated heterocycles. The third-order valence-electron chi connectivity index (χ3n) is 4.54. The van der Waals surface area contributed by atoms with E-state index in [1.807, 2.05) is 24.1 Å². The molecular formula is C17H33IN6. The van der Waals surface area contributed by atoms with Crippen LogP contribution in [-0.2, 0) is 13.6 Å². The van der Waals surface area contributed by atoms with Crippen molar-refractivity contribution < 1.29 is 0 Å². The molecule has 1 N–H and O–H groups in total. The summed E-state index contributed by atoms with van der Waals surface area (Å²) in [5.74, 6) is 0.969. The number of aliphatic imine (C=N–C) groups is 1. The number of hydrogen-bond acceptors (Lipinski definition) is 3. The summed E-state index contributed by atoms with van der Waals surface area (Å²) in [6, 6.07) is 0.765. The Morgan fingerprint density at radius 3 is 2.67 bits per heavy atom. The Balaban J connectivity index is 0.00000288. The van der Waals surface area contributed by atoms with Crippen molar-refractivity contribution in [2.75, 3.05) is 33.7 Å². The average molecular weight is 448 g/mol. The van der Waals surface area contributed by atoms with E-state index in [1.165, 1.54) is 31.2 Å². The standard InChI is InChI=1S/C17H32N6.HI/c1-5-18-17(22(3)13-15-12-20-23(4)14-15)19-10-11-21(2)16-8-6-7-9-16;/h12,14,16H,5-11,13H2,1-4H3,(H,18,19);1H. The van der Waals surface area contributed by atoms with E-state index in [-0.39, 0.29) is 24.0 Å². The van der Waals surface area contributed by atoms with Gasteiger partial charge in [-0.25, -0.2) is 0 Å². The Bertz CT molecular complexity index is 495. The van der Waals surface area contributed by atoms with E-state index in [4.69, 9.17) is 4.99 Å². The Labute approximate surface area is 163 Å². The quantitative estimate of drug-likeness (QED) is 0.395. The van der Waals surface area contributed by atoms with Gasteiger partial charge in [0, 0.05) is 51.5 Å². The number of hydrogen-bond donors (Lipinski definition) is 1. The molecule has 0 amide bonds. The van der Waals surface area contributed by atoms with Crippen LogP contribution in [0.15, 0.2) is 17.4 Å². The minimum Gasteiger partial charge on any atom is -0.357 e. The van der Waals surface area contributed by atoms with E-state index in [0.29, 0.717) is 0 Å². The second-order valence-corrected chi connectivity index (χ2v) is 6.53. The number of likely N-dealkylation sites (N-methyl/N-ethyl adjacent to an activating group) is 1. The Morgan fingerprint density at radius 1 is 1.38 bits per heavy atom. The van der Waals surface area contributed by atoms with E-state index >= 15 is 0 Å². The average Bonchev–Trinajstić information content (AvgIpc) is 3.18. The lowest BCUT2D eigenvalue weighted by Gasteiger charge is -2.24. The summed E-state index contributed by atoms with van der Waals surface area (Å²) in [4.78, 5) is 9.43. The van der Waals surface area contributed by atoms with Gasteiger partial charge in [0.05, 0.1) is 12.7 Å². The molecule has 1 saturated carbocycles. The molecule has 0 atom stereocenters. The van der Waals surface area contributed by atoms with Crippen LogP contribution < -0.4 is 5.32 Å². The molecule has 1 aliphatic carbocycles. The highest BCUT2D eigenvalue weighted by Gasteiger charge is 2.18. The first-order valence-electron chi connectivity index (χ1n) is 8.77. The van der Waals surface area contributed by atoms with Crippen LogP contribution in [0.2, 0.25) is 0 Å². The van der Waals surface area contributed by atoms with E-state index in [0.717, 1.165) is 38.2 Å². The number of rotatable bonds is 7. The first kappa shape index (κ1) is 21.2. The molecule has 2 rings (SSSR count). The van der Waals surface area contributed by atoms with Crippen LogP contribution in [-0.4, -0.2) is 65.3 Å². The number of nitrogens with zero attached hydrogens (tertiary/aromatic N) is 5. The summed E-state index contributed by atoms with van der Waals surface area (Å²) >= 11 is 0. The van der Waals surface area contributed by atoms with Crippen LogP contribution >= 0.6 is 24.0 Å². The molecule has 7 heteroatoms. The summed E-state index contributed by atoms with van der Waals surface area (Å²) in [7, 11) is 6.26. The Hall–Kier alpha value is -0.830. The molecule has 1 aromatic heterocycles. The first-order chi connectivity index (χ1) is 11.1. The molecule has 0 radical (unpaired) electrons. The molecule has 1 fully saturated rings. The lowest BCUT2D eigenvalue weighted by Crippen LogP contribution is -2.39. The van der Waals surface area contributed by atoms with Crippen LogP contribution in [0.5, 0.6) is 0 Å². The van der Waals surface area contributed by atoms with Crippen molar-refractivity contribution >= 4 is 29.9 Å². The molecule has 1 aliphatic rings. The number of aromatic nitrogens is 2. The highest BCUT2D eigenvalue weighted by molar-refractivity contribution is 14.0. The second-order valence-electron chi connectivity index (χ2n) is 6.53. The lowest BCUT2D eigenvalue weighted by atomic mass is 10.2. The second kappa shape index (κ2) is 10.9. The summed E-state index contributed by atoms with van der Waals surface area (Å²) in [6.07, 6.45) is 9.42. The van der Waals surface area contributed by atoms with Gasteiger partial charge < -0.3 is 15.1 Å². The smallest absolute Gasteiger partial charge is 0.194 e. The number of nitrogens with one attached hydrogen (secondary N) is 1. The van der Waals surface area contributed by atoms with Crippen LogP contribution in [0.3, 0.4) is 0 Å². The monoisotopic (exact) mass is 448 g/mol. The highest BCUT2D eigenvalue weighted by Crippen LogP contribution is 2.21. The predicted octanol–water partition coefficient (Wildman–Crippen LogP) is 2.31. The van der Waals surface area contributed by atoms with Gasteiger partial charge in [0.2, 0.25) is 0 Å². The van der Waals surface area contributed by atoms with E-state index in [9.17, 15) is 0 Å². The fraction of sp³-hybridized carbons (Fsp3) is 0.765. The Kier molecular flexibility index (Phi) is 9.65. The number of halogens is 1. The normalized spacial score (nSPS) is 15.6. The van der Waals surface area contributed by atoms with Crippen molar-refractivity contribution in [3.8, 4) is 0 Å². The van der Waals surface area contributed by atoms with Crippen LogP contribution in [0.25, 0.3) is 0 Å². The van der Waals surface area contributed by atoms with Crippen molar-refractivity contribution in [3.63, 3.8) is 0 Å². The predicted molar refractivity (Wildman–Crippen MR) is 111 cm³/mol. The summed E-state index contributed by atoms with van der Waals surface area (Å²) in [5, 5.41) is 7.61. The maximum absolute atomic E-state index is 4.79. The minimum atomic E-state index is 0. The van der Waals surface area contributed by atoms with Crippen LogP contribution in [0.4, 0.5) is 0 Å². The van der Waals surface area contributed by atoms with Crippen molar-refractivity contribution in [2.24, 2.45) is 12.0 Å². The molecule has 1 aromatic rings. The molecule has 6 nitrogen and oxygen atoms in total. The van der Waals surface area contributed by atoms with Gasteiger partial charge >= 0.3 is 0 Å². The summed E-state index contributed by atoms with van der Waals surface area (Å²) in [5.41, 5.74) is 1.20. The number of guanidine groups is 1.